The molecule has 0 unspecified atom stereocenters. The summed E-state index contributed by atoms with van der Waals surface area (Å²) in [7, 11) is 0. The van der Waals surface area contributed by atoms with Crippen molar-refractivity contribution in [2.75, 3.05) is 16.5 Å². The largest absolute Gasteiger partial charge is 0.459 e. The molecule has 3 aromatic rings. The van der Waals surface area contributed by atoms with Gasteiger partial charge in [-0.2, -0.15) is 0 Å². The van der Waals surface area contributed by atoms with Gasteiger partial charge in [0.1, 0.15) is 12.0 Å². The number of aromatic nitrogens is 2. The maximum Gasteiger partial charge on any atom is 0.305 e. The minimum absolute atomic E-state index is 0.175. The Morgan fingerprint density at radius 1 is 1.16 bits per heavy atom. The lowest BCUT2D eigenvalue weighted by molar-refractivity contribution is 0.0935. The fraction of sp³-hybridized carbons (Fsp3) is 0.118. The van der Waals surface area contributed by atoms with Gasteiger partial charge in [0, 0.05) is 5.69 Å². The lowest BCUT2D eigenvalue weighted by Gasteiger charge is -2.14. The molecule has 0 aliphatic heterocycles. The summed E-state index contributed by atoms with van der Waals surface area (Å²) in [6.07, 6.45) is 2.77. The van der Waals surface area contributed by atoms with E-state index in [1.807, 2.05) is 26.0 Å². The van der Waals surface area contributed by atoms with E-state index in [2.05, 4.69) is 32.2 Å². The molecule has 1 amide bonds. The van der Waals surface area contributed by atoms with Crippen LogP contribution in [-0.4, -0.2) is 15.9 Å². The molecule has 0 atom stereocenters. The molecule has 0 fully saturated rings. The van der Waals surface area contributed by atoms with Crippen LogP contribution in [0, 0.1) is 13.8 Å². The van der Waals surface area contributed by atoms with E-state index in [0.717, 1.165) is 11.3 Å². The molecular weight excluding hydrogens is 320 g/mol. The van der Waals surface area contributed by atoms with Gasteiger partial charge in [-0.1, -0.05) is 17.7 Å². The predicted molar refractivity (Wildman–Crippen MR) is 95.4 cm³/mol. The van der Waals surface area contributed by atoms with Gasteiger partial charge in [0.15, 0.2) is 17.4 Å². The zero-order valence-electron chi connectivity index (χ0n) is 13.8. The third-order valence-electron chi connectivity index (χ3n) is 3.56. The number of aryl methyl sites for hydroxylation is 2. The molecule has 0 aliphatic rings. The zero-order chi connectivity index (χ0) is 17.8. The summed E-state index contributed by atoms with van der Waals surface area (Å²) < 4.78 is 5.01. The maximum atomic E-state index is 11.9. The van der Waals surface area contributed by atoms with Crippen molar-refractivity contribution in [2.45, 2.75) is 13.8 Å². The molecule has 0 aliphatic carbocycles. The summed E-state index contributed by atoms with van der Waals surface area (Å²) in [5, 5.41) is 3.18. The van der Waals surface area contributed by atoms with Crippen molar-refractivity contribution in [3.63, 3.8) is 0 Å². The molecule has 0 saturated carbocycles. The Labute approximate surface area is 144 Å². The second-order valence-electron chi connectivity index (χ2n) is 5.48. The summed E-state index contributed by atoms with van der Waals surface area (Å²) in [4.78, 5) is 20.1. The number of nitrogens with two attached hydrogens (primary N) is 1. The third-order valence-corrected chi connectivity index (χ3v) is 3.56. The number of anilines is 4. The van der Waals surface area contributed by atoms with Gasteiger partial charge in [-0.25, -0.2) is 9.97 Å². The Balaban J connectivity index is 1.74. The van der Waals surface area contributed by atoms with E-state index in [-0.39, 0.29) is 17.3 Å². The van der Waals surface area contributed by atoms with E-state index in [1.165, 1.54) is 18.2 Å². The number of rotatable bonds is 5. The second-order valence-corrected chi connectivity index (χ2v) is 5.48. The van der Waals surface area contributed by atoms with Crippen molar-refractivity contribution in [1.29, 1.82) is 0 Å². The lowest BCUT2D eigenvalue weighted by atomic mass is 10.1. The highest BCUT2D eigenvalue weighted by atomic mass is 16.3. The highest BCUT2D eigenvalue weighted by Crippen LogP contribution is 2.27. The molecule has 1 aromatic carbocycles. The molecule has 5 N–H and O–H groups in total. The maximum absolute atomic E-state index is 11.9. The van der Waals surface area contributed by atoms with Crippen LogP contribution in [0.1, 0.15) is 21.7 Å². The van der Waals surface area contributed by atoms with Crippen LogP contribution in [0.2, 0.25) is 0 Å². The first-order valence-corrected chi connectivity index (χ1v) is 7.59. The number of nitrogens with zero attached hydrogens (tertiary/aromatic N) is 2. The third kappa shape index (κ3) is 3.69. The van der Waals surface area contributed by atoms with E-state index < -0.39 is 5.91 Å². The van der Waals surface area contributed by atoms with Crippen LogP contribution in [0.5, 0.6) is 0 Å². The van der Waals surface area contributed by atoms with E-state index in [0.29, 0.717) is 5.82 Å². The molecular formula is C17H18N6O2. The number of carbonyl (C=O) groups is 1. The molecule has 0 saturated heterocycles. The first-order chi connectivity index (χ1) is 12.0. The second kappa shape index (κ2) is 6.91. The Kier molecular flexibility index (Phi) is 4.51. The molecule has 25 heavy (non-hydrogen) atoms. The number of amides is 1. The van der Waals surface area contributed by atoms with E-state index in [9.17, 15) is 4.79 Å². The average Bonchev–Trinajstić information content (AvgIpc) is 3.12. The molecule has 0 spiro atoms. The lowest BCUT2D eigenvalue weighted by Crippen LogP contribution is -2.30. The Bertz CT molecular complexity index is 892. The smallest absolute Gasteiger partial charge is 0.305 e. The molecule has 2 heterocycles. The molecule has 8 nitrogen and oxygen atoms in total. The van der Waals surface area contributed by atoms with E-state index in [1.54, 1.807) is 12.1 Å². The van der Waals surface area contributed by atoms with Crippen molar-refractivity contribution in [1.82, 2.24) is 15.4 Å². The average molecular weight is 338 g/mol. The van der Waals surface area contributed by atoms with Crippen LogP contribution >= 0.6 is 0 Å². The highest BCUT2D eigenvalue weighted by Gasteiger charge is 2.12. The topological polar surface area (TPSA) is 118 Å². The van der Waals surface area contributed by atoms with Gasteiger partial charge in [-0.3, -0.25) is 15.6 Å². The number of furan rings is 1. The van der Waals surface area contributed by atoms with Crippen LogP contribution in [0.25, 0.3) is 0 Å². The number of hydrogen-bond acceptors (Lipinski definition) is 7. The van der Waals surface area contributed by atoms with Crippen molar-refractivity contribution >= 4 is 28.9 Å². The van der Waals surface area contributed by atoms with Gasteiger partial charge < -0.3 is 15.5 Å². The van der Waals surface area contributed by atoms with Crippen LogP contribution in [0.15, 0.2) is 47.3 Å². The summed E-state index contributed by atoms with van der Waals surface area (Å²) >= 11 is 0. The van der Waals surface area contributed by atoms with Crippen molar-refractivity contribution in [2.24, 2.45) is 0 Å². The van der Waals surface area contributed by atoms with Gasteiger partial charge in [-0.05, 0) is 37.6 Å². The summed E-state index contributed by atoms with van der Waals surface area (Å²) in [5.41, 5.74) is 14.6. The van der Waals surface area contributed by atoms with Crippen molar-refractivity contribution < 1.29 is 9.21 Å². The quantitative estimate of drug-likeness (QED) is 0.528. The van der Waals surface area contributed by atoms with Crippen LogP contribution < -0.4 is 21.9 Å². The molecule has 128 valence electrons. The SMILES string of the molecule is Cc1ccc(Nc2ncnc(NNC(=O)c3ccco3)c2N)c(C)c1. The number of benzene rings is 1. The first-order valence-electron chi connectivity index (χ1n) is 7.59. The Morgan fingerprint density at radius 2 is 1.96 bits per heavy atom. The summed E-state index contributed by atoms with van der Waals surface area (Å²) in [6, 6.07) is 9.18. The number of nitrogens with one attached hydrogen (secondary N) is 3. The van der Waals surface area contributed by atoms with Gasteiger partial charge >= 0.3 is 5.91 Å². The van der Waals surface area contributed by atoms with Crippen LogP contribution in [0.3, 0.4) is 0 Å². The molecule has 8 heteroatoms. The normalized spacial score (nSPS) is 10.3. The number of nitrogen functional groups attached to an aromatic ring is 1. The minimum atomic E-state index is -0.438. The monoisotopic (exact) mass is 338 g/mol. The van der Waals surface area contributed by atoms with Gasteiger partial charge in [0.25, 0.3) is 0 Å². The molecule has 3 rings (SSSR count). The molecule has 0 bridgehead atoms. The minimum Gasteiger partial charge on any atom is -0.459 e. The standard InChI is InChI=1S/C17H18N6O2/c1-10-5-6-12(11(2)8-10)21-15-14(18)16(20-9-19-15)22-23-17(24)13-4-3-7-25-13/h3-9H,18H2,1-2H3,(H,23,24)(H2,19,20,21,22). The number of hydrogen-bond donors (Lipinski definition) is 4. The van der Waals surface area contributed by atoms with Crippen molar-refractivity contribution in [3.05, 3.63) is 59.8 Å². The number of hydrazine groups is 1. The van der Waals surface area contributed by atoms with E-state index >= 15 is 0 Å². The van der Waals surface area contributed by atoms with Crippen LogP contribution in [0.4, 0.5) is 23.0 Å². The fourth-order valence-electron chi connectivity index (χ4n) is 2.26. The van der Waals surface area contributed by atoms with Gasteiger partial charge in [0.2, 0.25) is 0 Å². The van der Waals surface area contributed by atoms with Crippen molar-refractivity contribution in [3.8, 4) is 0 Å². The number of carbonyl (C=O) groups excluding carboxylic acids is 1. The van der Waals surface area contributed by atoms with Gasteiger partial charge in [-0.15, -0.1) is 0 Å². The first kappa shape index (κ1) is 16.3. The fourth-order valence-corrected chi connectivity index (χ4v) is 2.26. The Morgan fingerprint density at radius 3 is 2.68 bits per heavy atom. The summed E-state index contributed by atoms with van der Waals surface area (Å²) in [6.45, 7) is 4.02. The summed E-state index contributed by atoms with van der Waals surface area (Å²) in [5.74, 6) is 0.458. The predicted octanol–water partition coefficient (Wildman–Crippen LogP) is 2.77. The Hall–Kier alpha value is -3.55. The molecule has 2 aromatic heterocycles. The van der Waals surface area contributed by atoms with E-state index in [4.69, 9.17) is 10.2 Å². The molecule has 0 radical (unpaired) electrons. The van der Waals surface area contributed by atoms with Gasteiger partial charge in [0.05, 0.1) is 6.26 Å². The zero-order valence-corrected chi connectivity index (χ0v) is 13.8. The highest BCUT2D eigenvalue weighted by molar-refractivity contribution is 5.92. The van der Waals surface area contributed by atoms with Crippen LogP contribution in [-0.2, 0) is 0 Å².